The molecule has 43 valence electrons. The SMILES string of the molecule is C=CCC1([C]=O)CC1. The Balaban J connectivity index is 2.40. The Hall–Kier alpha value is -0.590. The molecule has 0 spiro atoms. The maximum atomic E-state index is 10.1. The van der Waals surface area contributed by atoms with Crippen molar-refractivity contribution in [3.8, 4) is 0 Å². The number of allylic oxidation sites excluding steroid dienone is 1. The second-order valence-electron chi connectivity index (χ2n) is 2.38. The Bertz CT molecular complexity index is 112. The van der Waals surface area contributed by atoms with Gasteiger partial charge in [0.2, 0.25) is 6.29 Å². The van der Waals surface area contributed by atoms with Gasteiger partial charge in [-0.25, -0.2) is 0 Å². The summed E-state index contributed by atoms with van der Waals surface area (Å²) in [5, 5.41) is 0. The molecule has 1 saturated carbocycles. The number of hydrogen-bond donors (Lipinski definition) is 0. The smallest absolute Gasteiger partial charge is 0.205 e. The maximum Gasteiger partial charge on any atom is 0.205 e. The van der Waals surface area contributed by atoms with E-state index in [-0.39, 0.29) is 5.41 Å². The second kappa shape index (κ2) is 1.73. The number of hydrogen-bond acceptors (Lipinski definition) is 1. The molecule has 0 heterocycles. The predicted octanol–water partition coefficient (Wildman–Crippen LogP) is 1.45. The first-order valence-electron chi connectivity index (χ1n) is 2.83. The van der Waals surface area contributed by atoms with Crippen LogP contribution < -0.4 is 0 Å². The summed E-state index contributed by atoms with van der Waals surface area (Å²) in [6.07, 6.45) is 6.67. The lowest BCUT2D eigenvalue weighted by atomic mass is 10.1. The largest absolute Gasteiger partial charge is 0.290 e. The summed E-state index contributed by atoms with van der Waals surface area (Å²) in [6, 6.07) is 0. The monoisotopic (exact) mass is 109 g/mol. The van der Waals surface area contributed by atoms with Gasteiger partial charge in [-0.3, -0.25) is 4.79 Å². The van der Waals surface area contributed by atoms with Crippen molar-refractivity contribution in [2.75, 3.05) is 0 Å². The van der Waals surface area contributed by atoms with Crippen LogP contribution in [0.2, 0.25) is 0 Å². The summed E-state index contributed by atoms with van der Waals surface area (Å²) in [5.41, 5.74) is -0.0816. The van der Waals surface area contributed by atoms with Crippen molar-refractivity contribution in [1.82, 2.24) is 0 Å². The minimum absolute atomic E-state index is 0.0816. The molecule has 1 nitrogen and oxygen atoms in total. The van der Waals surface area contributed by atoms with E-state index in [9.17, 15) is 4.79 Å². The van der Waals surface area contributed by atoms with Crippen LogP contribution in [-0.2, 0) is 4.79 Å². The zero-order valence-electron chi connectivity index (χ0n) is 4.81. The van der Waals surface area contributed by atoms with Gasteiger partial charge >= 0.3 is 0 Å². The van der Waals surface area contributed by atoms with Crippen molar-refractivity contribution in [1.29, 1.82) is 0 Å². The molecule has 0 aromatic heterocycles. The topological polar surface area (TPSA) is 17.1 Å². The lowest BCUT2D eigenvalue weighted by molar-refractivity contribution is 0.515. The summed E-state index contributed by atoms with van der Waals surface area (Å²) < 4.78 is 0. The van der Waals surface area contributed by atoms with E-state index < -0.39 is 0 Å². The molecule has 0 bridgehead atoms. The van der Waals surface area contributed by atoms with Crippen LogP contribution in [0, 0.1) is 5.41 Å². The summed E-state index contributed by atoms with van der Waals surface area (Å²) >= 11 is 0. The van der Waals surface area contributed by atoms with Crippen LogP contribution in [0.1, 0.15) is 19.3 Å². The van der Waals surface area contributed by atoms with Crippen molar-refractivity contribution in [3.63, 3.8) is 0 Å². The van der Waals surface area contributed by atoms with Gasteiger partial charge in [0.1, 0.15) is 0 Å². The Morgan fingerprint density at radius 1 is 1.75 bits per heavy atom. The van der Waals surface area contributed by atoms with Gasteiger partial charge in [0, 0.05) is 5.41 Å². The first-order chi connectivity index (χ1) is 3.83. The van der Waals surface area contributed by atoms with Gasteiger partial charge in [-0.05, 0) is 19.3 Å². The lowest BCUT2D eigenvalue weighted by Crippen LogP contribution is -1.97. The molecule has 1 fully saturated rings. The van der Waals surface area contributed by atoms with E-state index >= 15 is 0 Å². The standard InChI is InChI=1S/C7H9O/c1-2-3-7(6-8)4-5-7/h2H,1,3-5H2. The van der Waals surface area contributed by atoms with Crippen LogP contribution in [0.3, 0.4) is 0 Å². The quantitative estimate of drug-likeness (QED) is 0.501. The molecule has 1 rings (SSSR count). The Morgan fingerprint density at radius 3 is 2.50 bits per heavy atom. The Kier molecular flexibility index (Phi) is 1.20. The third kappa shape index (κ3) is 0.808. The van der Waals surface area contributed by atoms with Crippen molar-refractivity contribution in [3.05, 3.63) is 12.7 Å². The molecule has 0 atom stereocenters. The van der Waals surface area contributed by atoms with Gasteiger partial charge in [-0.15, -0.1) is 6.58 Å². The first kappa shape index (κ1) is 5.54. The predicted molar refractivity (Wildman–Crippen MR) is 32.2 cm³/mol. The minimum atomic E-state index is -0.0816. The minimum Gasteiger partial charge on any atom is -0.290 e. The van der Waals surface area contributed by atoms with Crippen molar-refractivity contribution < 1.29 is 4.79 Å². The van der Waals surface area contributed by atoms with E-state index in [0.29, 0.717) is 0 Å². The molecule has 0 aliphatic heterocycles. The van der Waals surface area contributed by atoms with Gasteiger partial charge in [-0.1, -0.05) is 6.08 Å². The van der Waals surface area contributed by atoms with Crippen molar-refractivity contribution >= 4 is 6.29 Å². The fourth-order valence-corrected chi connectivity index (χ4v) is 0.775. The van der Waals surface area contributed by atoms with E-state index in [2.05, 4.69) is 6.58 Å². The molecule has 0 aromatic carbocycles. The molecule has 1 aliphatic carbocycles. The first-order valence-corrected chi connectivity index (χ1v) is 2.83. The summed E-state index contributed by atoms with van der Waals surface area (Å²) in [4.78, 5) is 10.1. The third-order valence-electron chi connectivity index (χ3n) is 1.61. The lowest BCUT2D eigenvalue weighted by Gasteiger charge is -1.95. The van der Waals surface area contributed by atoms with Crippen LogP contribution in [-0.4, -0.2) is 6.29 Å². The maximum absolute atomic E-state index is 10.1. The molecule has 1 heteroatoms. The van der Waals surface area contributed by atoms with Gasteiger partial charge < -0.3 is 0 Å². The Labute approximate surface area is 49.4 Å². The average molecular weight is 109 g/mol. The molecule has 0 aromatic rings. The summed E-state index contributed by atoms with van der Waals surface area (Å²) in [5.74, 6) is 0. The fraction of sp³-hybridized carbons (Fsp3) is 0.571. The van der Waals surface area contributed by atoms with Crippen molar-refractivity contribution in [2.24, 2.45) is 5.41 Å². The van der Waals surface area contributed by atoms with E-state index in [1.807, 2.05) is 6.29 Å². The Morgan fingerprint density at radius 2 is 2.38 bits per heavy atom. The fourth-order valence-electron chi connectivity index (χ4n) is 0.775. The zero-order valence-corrected chi connectivity index (χ0v) is 4.81. The highest BCUT2D eigenvalue weighted by atomic mass is 16.1. The van der Waals surface area contributed by atoms with E-state index in [0.717, 1.165) is 19.3 Å². The molecule has 1 radical (unpaired) electrons. The van der Waals surface area contributed by atoms with Gasteiger partial charge in [0.15, 0.2) is 0 Å². The molecule has 0 unspecified atom stereocenters. The summed E-state index contributed by atoms with van der Waals surface area (Å²) in [7, 11) is 0. The number of rotatable bonds is 3. The average Bonchev–Trinajstić information content (AvgIpc) is 2.50. The molecule has 1 aliphatic rings. The summed E-state index contributed by atoms with van der Waals surface area (Å²) in [6.45, 7) is 3.55. The van der Waals surface area contributed by atoms with Crippen molar-refractivity contribution in [2.45, 2.75) is 19.3 Å². The molecular formula is C7H9O. The second-order valence-corrected chi connectivity index (χ2v) is 2.38. The zero-order chi connectivity index (χ0) is 6.04. The van der Waals surface area contributed by atoms with Crippen LogP contribution >= 0.6 is 0 Å². The molecule has 0 saturated heterocycles. The van der Waals surface area contributed by atoms with Crippen LogP contribution in [0.15, 0.2) is 12.7 Å². The van der Waals surface area contributed by atoms with Gasteiger partial charge in [0.05, 0.1) is 0 Å². The van der Waals surface area contributed by atoms with Crippen LogP contribution in [0.25, 0.3) is 0 Å². The van der Waals surface area contributed by atoms with Crippen LogP contribution in [0.4, 0.5) is 0 Å². The highest BCUT2D eigenvalue weighted by Gasteiger charge is 2.41. The van der Waals surface area contributed by atoms with Gasteiger partial charge in [-0.2, -0.15) is 0 Å². The third-order valence-corrected chi connectivity index (χ3v) is 1.61. The highest BCUT2D eigenvalue weighted by molar-refractivity contribution is 5.64. The molecule has 8 heavy (non-hydrogen) atoms. The normalized spacial score (nSPS) is 22.0. The van der Waals surface area contributed by atoms with E-state index in [1.165, 1.54) is 0 Å². The molecule has 0 amide bonds. The number of carbonyl (C=O) groups excluding carboxylic acids is 1. The highest BCUT2D eigenvalue weighted by Crippen LogP contribution is 2.46. The van der Waals surface area contributed by atoms with E-state index in [4.69, 9.17) is 0 Å². The van der Waals surface area contributed by atoms with Gasteiger partial charge in [0.25, 0.3) is 0 Å². The van der Waals surface area contributed by atoms with E-state index in [1.54, 1.807) is 6.08 Å². The molecular weight excluding hydrogens is 100 g/mol. The molecule has 0 N–H and O–H groups in total. The van der Waals surface area contributed by atoms with Crippen LogP contribution in [0.5, 0.6) is 0 Å².